The lowest BCUT2D eigenvalue weighted by molar-refractivity contribution is -0.115. The molecule has 1 heterocycles. The second-order valence-electron chi connectivity index (χ2n) is 5.60. The molecule has 2 aromatic carbocycles. The third kappa shape index (κ3) is 4.70. The zero-order valence-corrected chi connectivity index (χ0v) is 16.3. The summed E-state index contributed by atoms with van der Waals surface area (Å²) >= 11 is 4.73. The van der Waals surface area contributed by atoms with Crippen LogP contribution in [0.15, 0.2) is 63.3 Å². The molecule has 0 fully saturated rings. The summed E-state index contributed by atoms with van der Waals surface area (Å²) in [5, 5.41) is 7.91. The largest absolute Gasteiger partial charge is 0.325 e. The first kappa shape index (κ1) is 17.7. The summed E-state index contributed by atoms with van der Waals surface area (Å²) in [6.07, 6.45) is 0.342. The number of nitrogens with zero attached hydrogens (tertiary/aromatic N) is 3. The van der Waals surface area contributed by atoms with Gasteiger partial charge in [-0.3, -0.25) is 4.79 Å². The first-order valence-corrected chi connectivity index (χ1v) is 9.31. The molecule has 1 amide bonds. The van der Waals surface area contributed by atoms with Crippen LogP contribution in [0, 0.1) is 6.92 Å². The Morgan fingerprint density at radius 3 is 2.60 bits per heavy atom. The molecular formula is C18H17BrN4OS. The maximum atomic E-state index is 12.4. The van der Waals surface area contributed by atoms with Crippen LogP contribution < -0.4 is 5.32 Å². The van der Waals surface area contributed by atoms with Gasteiger partial charge in [0.05, 0.1) is 12.1 Å². The van der Waals surface area contributed by atoms with Crippen molar-refractivity contribution in [1.82, 2.24) is 14.8 Å². The van der Waals surface area contributed by atoms with Crippen molar-refractivity contribution in [3.63, 3.8) is 0 Å². The second-order valence-corrected chi connectivity index (χ2v) is 7.31. The number of aryl methyl sites for hydroxylation is 2. The van der Waals surface area contributed by atoms with Gasteiger partial charge in [-0.2, -0.15) is 4.98 Å². The standard InChI is InChI=1S/C18H17BrN4OS/c1-12-7-9-13(10-8-12)11-16(24)20-14-5-3-4-6-15(14)25-18-21-17(19)22-23(18)2/h3-10H,11H2,1-2H3,(H,20,24). The lowest BCUT2D eigenvalue weighted by Crippen LogP contribution is -2.15. The van der Waals surface area contributed by atoms with Crippen molar-refractivity contribution in [3.05, 3.63) is 64.4 Å². The number of anilines is 1. The van der Waals surface area contributed by atoms with Crippen LogP contribution in [0.3, 0.4) is 0 Å². The van der Waals surface area contributed by atoms with Gasteiger partial charge < -0.3 is 5.32 Å². The maximum Gasteiger partial charge on any atom is 0.228 e. The van der Waals surface area contributed by atoms with Crippen LogP contribution in [0.2, 0.25) is 0 Å². The SMILES string of the molecule is Cc1ccc(CC(=O)Nc2ccccc2Sc2nc(Br)nn2C)cc1. The minimum atomic E-state index is -0.0453. The highest BCUT2D eigenvalue weighted by Crippen LogP contribution is 2.32. The zero-order valence-electron chi connectivity index (χ0n) is 13.9. The molecular weight excluding hydrogens is 400 g/mol. The van der Waals surface area contributed by atoms with E-state index in [1.807, 2.05) is 62.5 Å². The van der Waals surface area contributed by atoms with E-state index in [-0.39, 0.29) is 5.91 Å². The summed E-state index contributed by atoms with van der Waals surface area (Å²) < 4.78 is 2.23. The van der Waals surface area contributed by atoms with Gasteiger partial charge in [-0.25, -0.2) is 4.68 Å². The molecule has 3 rings (SSSR count). The monoisotopic (exact) mass is 416 g/mol. The van der Waals surface area contributed by atoms with Crippen molar-refractivity contribution in [3.8, 4) is 0 Å². The number of carbonyl (C=O) groups is 1. The van der Waals surface area contributed by atoms with Crippen LogP contribution in [-0.2, 0) is 18.3 Å². The van der Waals surface area contributed by atoms with Gasteiger partial charge in [0.15, 0.2) is 5.16 Å². The Hall–Kier alpha value is -2.12. The van der Waals surface area contributed by atoms with Gasteiger partial charge in [0.2, 0.25) is 10.6 Å². The number of amides is 1. The van der Waals surface area contributed by atoms with E-state index in [9.17, 15) is 4.79 Å². The predicted molar refractivity (Wildman–Crippen MR) is 103 cm³/mol. The number of nitrogens with one attached hydrogen (secondary N) is 1. The Morgan fingerprint density at radius 2 is 1.92 bits per heavy atom. The van der Waals surface area contributed by atoms with Crippen LogP contribution in [0.4, 0.5) is 5.69 Å². The van der Waals surface area contributed by atoms with E-state index in [0.29, 0.717) is 11.2 Å². The molecule has 0 aliphatic rings. The maximum absolute atomic E-state index is 12.4. The second kappa shape index (κ2) is 7.84. The average molecular weight is 417 g/mol. The zero-order chi connectivity index (χ0) is 17.8. The highest BCUT2D eigenvalue weighted by Gasteiger charge is 2.12. The smallest absolute Gasteiger partial charge is 0.228 e. The van der Waals surface area contributed by atoms with Gasteiger partial charge in [-0.15, -0.1) is 5.10 Å². The summed E-state index contributed by atoms with van der Waals surface area (Å²) in [7, 11) is 1.83. The number of hydrogen-bond donors (Lipinski definition) is 1. The molecule has 0 unspecified atom stereocenters. The van der Waals surface area contributed by atoms with Crippen LogP contribution in [0.5, 0.6) is 0 Å². The number of rotatable bonds is 5. The van der Waals surface area contributed by atoms with Crippen molar-refractivity contribution < 1.29 is 4.79 Å². The highest BCUT2D eigenvalue weighted by atomic mass is 79.9. The molecule has 0 bridgehead atoms. The summed E-state index contributed by atoms with van der Waals surface area (Å²) in [6, 6.07) is 15.7. The van der Waals surface area contributed by atoms with Gasteiger partial charge in [0, 0.05) is 11.9 Å². The molecule has 1 aromatic heterocycles. The summed E-state index contributed by atoms with van der Waals surface area (Å²) in [5.41, 5.74) is 2.94. The van der Waals surface area contributed by atoms with Gasteiger partial charge in [0.25, 0.3) is 0 Å². The van der Waals surface area contributed by atoms with Crippen molar-refractivity contribution in [2.75, 3.05) is 5.32 Å². The van der Waals surface area contributed by atoms with E-state index in [1.54, 1.807) is 4.68 Å². The normalized spacial score (nSPS) is 10.7. The van der Waals surface area contributed by atoms with E-state index in [2.05, 4.69) is 31.3 Å². The molecule has 0 saturated heterocycles. The van der Waals surface area contributed by atoms with Crippen molar-refractivity contribution >= 4 is 39.3 Å². The first-order chi connectivity index (χ1) is 12.0. The van der Waals surface area contributed by atoms with E-state index >= 15 is 0 Å². The molecule has 0 spiro atoms. The molecule has 0 aliphatic carbocycles. The Balaban J connectivity index is 1.73. The summed E-state index contributed by atoms with van der Waals surface area (Å²) in [4.78, 5) is 17.6. The van der Waals surface area contributed by atoms with Crippen LogP contribution in [0.1, 0.15) is 11.1 Å². The molecule has 0 atom stereocenters. The van der Waals surface area contributed by atoms with Gasteiger partial charge >= 0.3 is 0 Å². The number of benzene rings is 2. The molecule has 3 aromatic rings. The third-order valence-electron chi connectivity index (χ3n) is 3.54. The lowest BCUT2D eigenvalue weighted by Gasteiger charge is -2.10. The molecule has 25 heavy (non-hydrogen) atoms. The molecule has 0 radical (unpaired) electrons. The quantitative estimate of drug-likeness (QED) is 0.676. The van der Waals surface area contributed by atoms with E-state index < -0.39 is 0 Å². The Morgan fingerprint density at radius 1 is 1.20 bits per heavy atom. The molecule has 0 aliphatic heterocycles. The fraction of sp³-hybridized carbons (Fsp3) is 0.167. The number of carbonyl (C=O) groups excluding carboxylic acids is 1. The number of hydrogen-bond acceptors (Lipinski definition) is 4. The van der Waals surface area contributed by atoms with Gasteiger partial charge in [-0.1, -0.05) is 42.0 Å². The highest BCUT2D eigenvalue weighted by molar-refractivity contribution is 9.10. The van der Waals surface area contributed by atoms with Crippen LogP contribution in [0.25, 0.3) is 0 Å². The van der Waals surface area contributed by atoms with Crippen molar-refractivity contribution in [2.24, 2.45) is 7.05 Å². The van der Waals surface area contributed by atoms with Gasteiger partial charge in [-0.05, 0) is 52.3 Å². The number of para-hydroxylation sites is 1. The number of aromatic nitrogens is 3. The summed E-state index contributed by atoms with van der Waals surface area (Å²) in [5.74, 6) is -0.0453. The minimum absolute atomic E-state index is 0.0453. The van der Waals surface area contributed by atoms with Crippen LogP contribution >= 0.6 is 27.7 Å². The Labute approximate surface area is 159 Å². The van der Waals surface area contributed by atoms with Crippen LogP contribution in [-0.4, -0.2) is 20.7 Å². The number of halogens is 1. The minimum Gasteiger partial charge on any atom is -0.325 e. The third-order valence-corrected chi connectivity index (χ3v) is 4.99. The molecule has 0 saturated carbocycles. The Bertz CT molecular complexity index is 892. The van der Waals surface area contributed by atoms with E-state index in [1.165, 1.54) is 17.3 Å². The fourth-order valence-corrected chi connectivity index (χ4v) is 3.67. The van der Waals surface area contributed by atoms with E-state index in [0.717, 1.165) is 21.3 Å². The fourth-order valence-electron chi connectivity index (χ4n) is 2.27. The summed E-state index contributed by atoms with van der Waals surface area (Å²) in [6.45, 7) is 2.03. The molecule has 7 heteroatoms. The molecule has 5 nitrogen and oxygen atoms in total. The van der Waals surface area contributed by atoms with E-state index in [4.69, 9.17) is 0 Å². The molecule has 128 valence electrons. The topological polar surface area (TPSA) is 59.8 Å². The van der Waals surface area contributed by atoms with Gasteiger partial charge in [0.1, 0.15) is 0 Å². The first-order valence-electron chi connectivity index (χ1n) is 7.70. The Kier molecular flexibility index (Phi) is 5.55. The average Bonchev–Trinajstić information content (AvgIpc) is 2.89. The van der Waals surface area contributed by atoms with Crippen molar-refractivity contribution in [2.45, 2.75) is 23.4 Å². The predicted octanol–water partition coefficient (Wildman–Crippen LogP) is 4.22. The lowest BCUT2D eigenvalue weighted by atomic mass is 10.1. The van der Waals surface area contributed by atoms with Crippen molar-refractivity contribution in [1.29, 1.82) is 0 Å². The molecule has 1 N–H and O–H groups in total.